The molecule has 1 aromatic heterocycles. The smallest absolute Gasteiger partial charge is 0.0359 e. The zero-order valence-electron chi connectivity index (χ0n) is 10.0. The first-order chi connectivity index (χ1) is 8.20. The second kappa shape index (κ2) is 5.80. The van der Waals surface area contributed by atoms with Crippen molar-refractivity contribution >= 4 is 27.3 Å². The number of nitrogens with one attached hydrogen (secondary N) is 1. The molecule has 0 saturated heterocycles. The molecule has 0 aliphatic carbocycles. The van der Waals surface area contributed by atoms with Crippen LogP contribution in [0.1, 0.15) is 22.7 Å². The van der Waals surface area contributed by atoms with Crippen molar-refractivity contribution in [3.05, 3.63) is 56.2 Å². The number of rotatable bonds is 4. The highest BCUT2D eigenvalue weighted by atomic mass is 79.9. The standard InChI is InChI=1S/C14H16BrNS/c1-10-3-4-12(8-13(10)15)14(16-2)7-11-5-6-17-9-11/h3-6,8-9,14,16H,7H2,1-2H3. The van der Waals surface area contributed by atoms with Crippen LogP contribution in [-0.4, -0.2) is 7.05 Å². The number of halogens is 1. The van der Waals surface area contributed by atoms with Crippen LogP contribution in [0.25, 0.3) is 0 Å². The first-order valence-corrected chi connectivity index (χ1v) is 7.38. The lowest BCUT2D eigenvalue weighted by Crippen LogP contribution is -2.18. The van der Waals surface area contributed by atoms with Gasteiger partial charge in [0.2, 0.25) is 0 Å². The molecule has 1 N–H and O–H groups in total. The molecule has 1 unspecified atom stereocenters. The molecule has 0 amide bonds. The Balaban J connectivity index is 2.20. The molecule has 0 spiro atoms. The van der Waals surface area contributed by atoms with Crippen LogP contribution < -0.4 is 5.32 Å². The third kappa shape index (κ3) is 3.18. The molecule has 2 rings (SSSR count). The van der Waals surface area contributed by atoms with Gasteiger partial charge < -0.3 is 5.32 Å². The summed E-state index contributed by atoms with van der Waals surface area (Å²) < 4.78 is 1.18. The average Bonchev–Trinajstić information content (AvgIpc) is 2.82. The Hall–Kier alpha value is -0.640. The van der Waals surface area contributed by atoms with Gasteiger partial charge in [0.05, 0.1) is 0 Å². The van der Waals surface area contributed by atoms with E-state index in [1.54, 1.807) is 11.3 Å². The van der Waals surface area contributed by atoms with Crippen LogP contribution in [0.15, 0.2) is 39.5 Å². The van der Waals surface area contributed by atoms with Gasteiger partial charge in [-0.25, -0.2) is 0 Å². The van der Waals surface area contributed by atoms with Crippen molar-refractivity contribution in [3.63, 3.8) is 0 Å². The lowest BCUT2D eigenvalue weighted by atomic mass is 10.00. The van der Waals surface area contributed by atoms with Crippen molar-refractivity contribution in [1.82, 2.24) is 5.32 Å². The lowest BCUT2D eigenvalue weighted by Gasteiger charge is -2.17. The molecule has 0 fully saturated rings. The van der Waals surface area contributed by atoms with E-state index in [0.717, 1.165) is 6.42 Å². The van der Waals surface area contributed by atoms with Crippen molar-refractivity contribution in [1.29, 1.82) is 0 Å². The molecule has 1 nitrogen and oxygen atoms in total. The summed E-state index contributed by atoms with van der Waals surface area (Å²) in [5, 5.41) is 7.74. The third-order valence-corrected chi connectivity index (χ3v) is 4.55. The van der Waals surface area contributed by atoms with E-state index in [9.17, 15) is 0 Å². The molecule has 0 saturated carbocycles. The van der Waals surface area contributed by atoms with Crippen LogP contribution in [0.4, 0.5) is 0 Å². The largest absolute Gasteiger partial charge is 0.313 e. The van der Waals surface area contributed by atoms with Crippen LogP contribution >= 0.6 is 27.3 Å². The minimum Gasteiger partial charge on any atom is -0.313 e. The zero-order valence-corrected chi connectivity index (χ0v) is 12.4. The summed E-state index contributed by atoms with van der Waals surface area (Å²) in [6, 6.07) is 9.15. The molecule has 0 radical (unpaired) electrons. The molecule has 3 heteroatoms. The summed E-state index contributed by atoms with van der Waals surface area (Å²) in [5.41, 5.74) is 4.00. The van der Waals surface area contributed by atoms with Crippen molar-refractivity contribution in [2.75, 3.05) is 7.05 Å². The molecular weight excluding hydrogens is 294 g/mol. The van der Waals surface area contributed by atoms with Gasteiger partial charge in [0, 0.05) is 10.5 Å². The molecule has 0 aliphatic heterocycles. The maximum absolute atomic E-state index is 3.60. The van der Waals surface area contributed by atoms with Crippen LogP contribution in [0, 0.1) is 6.92 Å². The maximum Gasteiger partial charge on any atom is 0.0359 e. The van der Waals surface area contributed by atoms with Crippen molar-refractivity contribution < 1.29 is 0 Å². The summed E-state index contributed by atoms with van der Waals surface area (Å²) in [6.45, 7) is 2.11. The van der Waals surface area contributed by atoms with E-state index in [-0.39, 0.29) is 0 Å². The van der Waals surface area contributed by atoms with E-state index in [1.165, 1.54) is 21.2 Å². The first kappa shape index (κ1) is 12.8. The fourth-order valence-electron chi connectivity index (χ4n) is 1.86. The van der Waals surface area contributed by atoms with Gasteiger partial charge in [0.15, 0.2) is 0 Å². The molecular formula is C14H16BrNS. The minimum atomic E-state index is 0.376. The Morgan fingerprint density at radius 1 is 1.35 bits per heavy atom. The quantitative estimate of drug-likeness (QED) is 0.886. The van der Waals surface area contributed by atoms with Crippen molar-refractivity contribution in [2.45, 2.75) is 19.4 Å². The van der Waals surface area contributed by atoms with Crippen molar-refractivity contribution in [2.24, 2.45) is 0 Å². The highest BCUT2D eigenvalue weighted by Crippen LogP contribution is 2.24. The molecule has 1 atom stereocenters. The summed E-state index contributed by atoms with van der Waals surface area (Å²) >= 11 is 5.35. The van der Waals surface area contributed by atoms with Crippen LogP contribution in [-0.2, 0) is 6.42 Å². The monoisotopic (exact) mass is 309 g/mol. The van der Waals surface area contributed by atoms with Gasteiger partial charge in [0.25, 0.3) is 0 Å². The number of hydrogen-bond donors (Lipinski definition) is 1. The summed E-state index contributed by atoms with van der Waals surface area (Å²) in [6.07, 6.45) is 1.04. The van der Waals surface area contributed by atoms with E-state index in [1.807, 2.05) is 7.05 Å². The van der Waals surface area contributed by atoms with Gasteiger partial charge in [-0.15, -0.1) is 0 Å². The number of likely N-dealkylation sites (N-methyl/N-ethyl adjacent to an activating group) is 1. The number of hydrogen-bond acceptors (Lipinski definition) is 2. The van der Waals surface area contributed by atoms with Gasteiger partial charge >= 0.3 is 0 Å². The maximum atomic E-state index is 3.60. The Morgan fingerprint density at radius 2 is 2.18 bits per heavy atom. The van der Waals surface area contributed by atoms with Crippen LogP contribution in [0.3, 0.4) is 0 Å². The van der Waals surface area contributed by atoms with Gasteiger partial charge in [-0.3, -0.25) is 0 Å². The normalized spacial score (nSPS) is 12.6. The molecule has 1 aromatic carbocycles. The Morgan fingerprint density at radius 3 is 2.76 bits per heavy atom. The molecule has 0 bridgehead atoms. The SMILES string of the molecule is CNC(Cc1ccsc1)c1ccc(C)c(Br)c1. The summed E-state index contributed by atoms with van der Waals surface area (Å²) in [4.78, 5) is 0. The van der Waals surface area contributed by atoms with E-state index in [0.29, 0.717) is 6.04 Å². The highest BCUT2D eigenvalue weighted by molar-refractivity contribution is 9.10. The molecule has 90 valence electrons. The molecule has 2 aromatic rings. The van der Waals surface area contributed by atoms with E-state index >= 15 is 0 Å². The molecule has 0 aliphatic rings. The van der Waals surface area contributed by atoms with Gasteiger partial charge in [-0.2, -0.15) is 11.3 Å². The Labute approximate surface area is 115 Å². The van der Waals surface area contributed by atoms with Crippen LogP contribution in [0.5, 0.6) is 0 Å². The van der Waals surface area contributed by atoms with E-state index in [4.69, 9.17) is 0 Å². The number of thiophene rings is 1. The van der Waals surface area contributed by atoms with E-state index in [2.05, 4.69) is 63.2 Å². The van der Waals surface area contributed by atoms with Crippen molar-refractivity contribution in [3.8, 4) is 0 Å². The zero-order chi connectivity index (χ0) is 12.3. The minimum absolute atomic E-state index is 0.376. The third-order valence-electron chi connectivity index (χ3n) is 2.97. The van der Waals surface area contributed by atoms with Gasteiger partial charge in [0.1, 0.15) is 0 Å². The molecule has 17 heavy (non-hydrogen) atoms. The predicted octanol–water partition coefficient (Wildman–Crippen LogP) is 4.32. The highest BCUT2D eigenvalue weighted by Gasteiger charge is 2.11. The number of benzene rings is 1. The number of aryl methyl sites for hydroxylation is 1. The first-order valence-electron chi connectivity index (χ1n) is 5.65. The Bertz CT molecular complexity index is 479. The fourth-order valence-corrected chi connectivity index (χ4v) is 2.93. The second-order valence-corrected chi connectivity index (χ2v) is 5.82. The lowest BCUT2D eigenvalue weighted by molar-refractivity contribution is 0.592. The van der Waals surface area contributed by atoms with E-state index < -0.39 is 0 Å². The predicted molar refractivity (Wildman–Crippen MR) is 78.7 cm³/mol. The fraction of sp³-hybridized carbons (Fsp3) is 0.286. The average molecular weight is 310 g/mol. The summed E-state index contributed by atoms with van der Waals surface area (Å²) in [7, 11) is 2.02. The van der Waals surface area contributed by atoms with Gasteiger partial charge in [-0.1, -0.05) is 28.1 Å². The molecule has 1 heterocycles. The van der Waals surface area contributed by atoms with Crippen LogP contribution in [0.2, 0.25) is 0 Å². The topological polar surface area (TPSA) is 12.0 Å². The second-order valence-electron chi connectivity index (χ2n) is 4.19. The van der Waals surface area contributed by atoms with Gasteiger partial charge in [-0.05, 0) is 60.0 Å². The summed E-state index contributed by atoms with van der Waals surface area (Å²) in [5.74, 6) is 0. The Kier molecular flexibility index (Phi) is 4.37.